The van der Waals surface area contributed by atoms with Crippen LogP contribution in [0.1, 0.15) is 52.6 Å². The van der Waals surface area contributed by atoms with Crippen LogP contribution in [0.5, 0.6) is 0 Å². The zero-order valence-corrected chi connectivity index (χ0v) is 21.1. The Hall–Kier alpha value is -4.44. The molecule has 2 aliphatic rings. The SMILES string of the molecule is COC(=O)Nc1ccc2c(c1)NC(=O)CC/C=C/C[C@H](NC(=O)c1ccc3c(c1)CCNC3)c1ncc-2[nH]1. The molecule has 1 atom stereocenters. The molecule has 10 heteroatoms. The van der Waals surface area contributed by atoms with Crippen LogP contribution < -0.4 is 21.3 Å². The van der Waals surface area contributed by atoms with Gasteiger partial charge in [-0.1, -0.05) is 18.2 Å². The van der Waals surface area contributed by atoms with Crippen LogP contribution in [0.2, 0.25) is 0 Å². The minimum absolute atomic E-state index is 0.155. The number of allylic oxidation sites excluding steroid dienone is 1. The molecule has 0 radical (unpaired) electrons. The highest BCUT2D eigenvalue weighted by Crippen LogP contribution is 2.31. The number of imidazole rings is 1. The highest BCUT2D eigenvalue weighted by atomic mass is 16.5. The van der Waals surface area contributed by atoms with Crippen LogP contribution in [0.3, 0.4) is 0 Å². The number of ether oxygens (including phenoxy) is 1. The van der Waals surface area contributed by atoms with E-state index in [1.807, 2.05) is 30.4 Å². The van der Waals surface area contributed by atoms with Crippen LogP contribution in [0.15, 0.2) is 54.7 Å². The van der Waals surface area contributed by atoms with E-state index in [4.69, 9.17) is 0 Å². The Kier molecular flexibility index (Phi) is 7.50. The zero-order chi connectivity index (χ0) is 26.5. The number of aromatic amines is 1. The fourth-order valence-corrected chi connectivity index (χ4v) is 4.66. The van der Waals surface area contributed by atoms with Crippen molar-refractivity contribution in [3.05, 3.63) is 77.3 Å². The molecule has 1 aromatic heterocycles. The van der Waals surface area contributed by atoms with Crippen molar-refractivity contribution in [2.75, 3.05) is 24.3 Å². The van der Waals surface area contributed by atoms with Crippen molar-refractivity contribution in [2.24, 2.45) is 0 Å². The van der Waals surface area contributed by atoms with E-state index in [2.05, 4.69) is 36.0 Å². The zero-order valence-electron chi connectivity index (χ0n) is 21.1. The van der Waals surface area contributed by atoms with Crippen molar-refractivity contribution in [3.8, 4) is 11.3 Å². The molecule has 0 fully saturated rings. The summed E-state index contributed by atoms with van der Waals surface area (Å²) in [4.78, 5) is 45.4. The number of anilines is 2. The van der Waals surface area contributed by atoms with Gasteiger partial charge in [-0.05, 0) is 67.3 Å². The van der Waals surface area contributed by atoms with E-state index in [-0.39, 0.29) is 11.8 Å². The Bertz CT molecular complexity index is 1400. The first-order valence-corrected chi connectivity index (χ1v) is 12.6. The van der Waals surface area contributed by atoms with Crippen LogP contribution >= 0.6 is 0 Å². The predicted molar refractivity (Wildman–Crippen MR) is 144 cm³/mol. The van der Waals surface area contributed by atoms with E-state index < -0.39 is 12.1 Å². The number of amides is 3. The molecule has 0 saturated carbocycles. The number of nitrogens with one attached hydrogen (secondary N) is 5. The summed E-state index contributed by atoms with van der Waals surface area (Å²) in [6.07, 6.45) is 7.21. The third-order valence-corrected chi connectivity index (χ3v) is 6.68. The monoisotopic (exact) mass is 514 g/mol. The summed E-state index contributed by atoms with van der Waals surface area (Å²) < 4.78 is 4.67. The van der Waals surface area contributed by atoms with Gasteiger partial charge in [0.2, 0.25) is 5.91 Å². The summed E-state index contributed by atoms with van der Waals surface area (Å²) in [6.45, 7) is 1.72. The molecule has 3 amide bonds. The van der Waals surface area contributed by atoms with Crippen molar-refractivity contribution in [1.29, 1.82) is 0 Å². The highest BCUT2D eigenvalue weighted by Gasteiger charge is 2.21. The molecule has 10 nitrogen and oxygen atoms in total. The Morgan fingerprint density at radius 2 is 1.97 bits per heavy atom. The lowest BCUT2D eigenvalue weighted by Gasteiger charge is -2.19. The topological polar surface area (TPSA) is 137 Å². The van der Waals surface area contributed by atoms with Crippen LogP contribution in [0.25, 0.3) is 11.3 Å². The van der Waals surface area contributed by atoms with E-state index in [1.54, 1.807) is 24.4 Å². The number of benzene rings is 2. The minimum Gasteiger partial charge on any atom is -0.453 e. The number of aromatic nitrogens is 2. The Balaban J connectivity index is 1.43. The minimum atomic E-state index is -0.607. The molecule has 0 unspecified atom stereocenters. The third-order valence-electron chi connectivity index (χ3n) is 6.68. The standard InChI is InChI=1S/C28H30N6O4/c1-38-28(37)31-20-9-10-21-23(14-20)32-25(35)6-4-2-3-5-22(26-30-16-24(21)33-26)34-27(36)18-7-8-19-15-29-12-11-17(19)13-18/h2-3,7-10,13-14,16,22,29H,4-6,11-12,15H2,1H3,(H,30,33)(H,31,37)(H,32,35)(H,34,36)/b3-2+/t22-/m0/s1. The lowest BCUT2D eigenvalue weighted by atomic mass is 9.98. The first-order valence-electron chi connectivity index (χ1n) is 12.6. The molecule has 0 saturated heterocycles. The fourth-order valence-electron chi connectivity index (χ4n) is 4.66. The van der Waals surface area contributed by atoms with Gasteiger partial charge in [0.15, 0.2) is 0 Å². The molecule has 3 aromatic rings. The molecule has 0 aliphatic carbocycles. The molecule has 0 spiro atoms. The van der Waals surface area contributed by atoms with Crippen molar-refractivity contribution in [2.45, 2.75) is 38.3 Å². The molecule has 196 valence electrons. The Morgan fingerprint density at radius 1 is 1.08 bits per heavy atom. The molecule has 38 heavy (non-hydrogen) atoms. The van der Waals surface area contributed by atoms with Gasteiger partial charge in [0.1, 0.15) is 5.82 Å². The van der Waals surface area contributed by atoms with Gasteiger partial charge in [-0.15, -0.1) is 0 Å². The number of hydrogen-bond acceptors (Lipinski definition) is 6. The van der Waals surface area contributed by atoms with Crippen LogP contribution in [0.4, 0.5) is 16.2 Å². The summed E-state index contributed by atoms with van der Waals surface area (Å²) in [5, 5.41) is 12.0. The number of rotatable bonds is 3. The van der Waals surface area contributed by atoms with Gasteiger partial charge in [-0.3, -0.25) is 14.9 Å². The van der Waals surface area contributed by atoms with Crippen molar-refractivity contribution in [1.82, 2.24) is 20.6 Å². The quantitative estimate of drug-likeness (QED) is 0.335. The van der Waals surface area contributed by atoms with Crippen molar-refractivity contribution < 1.29 is 19.1 Å². The number of carbonyl (C=O) groups is 3. The van der Waals surface area contributed by atoms with Crippen molar-refractivity contribution in [3.63, 3.8) is 0 Å². The molecule has 2 bridgehead atoms. The number of fused-ring (bicyclic) bond motifs is 5. The first-order chi connectivity index (χ1) is 18.5. The first kappa shape index (κ1) is 25.2. The Morgan fingerprint density at radius 3 is 2.84 bits per heavy atom. The fraction of sp³-hybridized carbons (Fsp3) is 0.286. The summed E-state index contributed by atoms with van der Waals surface area (Å²) in [6, 6.07) is 10.6. The van der Waals surface area contributed by atoms with Gasteiger partial charge in [0, 0.05) is 29.8 Å². The van der Waals surface area contributed by atoms with Gasteiger partial charge >= 0.3 is 6.09 Å². The Labute approximate surface area is 220 Å². The summed E-state index contributed by atoms with van der Waals surface area (Å²) in [7, 11) is 1.28. The van der Waals surface area contributed by atoms with Crippen LogP contribution in [-0.4, -0.2) is 41.5 Å². The average Bonchev–Trinajstić information content (AvgIpc) is 3.41. The maximum Gasteiger partial charge on any atom is 0.411 e. The summed E-state index contributed by atoms with van der Waals surface area (Å²) in [5.41, 5.74) is 5.41. The van der Waals surface area contributed by atoms with Gasteiger partial charge in [-0.2, -0.15) is 0 Å². The smallest absolute Gasteiger partial charge is 0.411 e. The van der Waals surface area contributed by atoms with E-state index in [0.717, 1.165) is 19.5 Å². The molecule has 3 heterocycles. The van der Waals surface area contributed by atoms with E-state index in [0.29, 0.717) is 53.3 Å². The molecular formula is C28H30N6O4. The van der Waals surface area contributed by atoms with Gasteiger partial charge in [0.25, 0.3) is 5.91 Å². The lowest BCUT2D eigenvalue weighted by Crippen LogP contribution is -2.30. The van der Waals surface area contributed by atoms with E-state index in [1.165, 1.54) is 18.2 Å². The second kappa shape index (κ2) is 11.3. The molecule has 2 aliphatic heterocycles. The summed E-state index contributed by atoms with van der Waals surface area (Å²) >= 11 is 0. The van der Waals surface area contributed by atoms with Gasteiger partial charge < -0.3 is 25.7 Å². The van der Waals surface area contributed by atoms with Gasteiger partial charge in [0.05, 0.1) is 30.7 Å². The van der Waals surface area contributed by atoms with Crippen LogP contribution in [0, 0.1) is 0 Å². The summed E-state index contributed by atoms with van der Waals surface area (Å²) in [5.74, 6) is 0.286. The van der Waals surface area contributed by atoms with Crippen LogP contribution in [-0.2, 0) is 22.5 Å². The third kappa shape index (κ3) is 5.76. The van der Waals surface area contributed by atoms with Gasteiger partial charge in [-0.25, -0.2) is 9.78 Å². The number of carbonyl (C=O) groups excluding carboxylic acids is 3. The molecule has 2 aromatic carbocycles. The number of methoxy groups -OCH3 is 1. The normalized spacial score (nSPS) is 17.8. The predicted octanol–water partition coefficient (Wildman–Crippen LogP) is 4.05. The second-order valence-electron chi connectivity index (χ2n) is 9.29. The maximum absolute atomic E-state index is 13.2. The number of H-pyrrole nitrogens is 1. The second-order valence-corrected chi connectivity index (χ2v) is 9.29. The molecule has 5 rings (SSSR count). The van der Waals surface area contributed by atoms with Crippen molar-refractivity contribution >= 4 is 29.3 Å². The maximum atomic E-state index is 13.2. The van der Waals surface area contributed by atoms with E-state index in [9.17, 15) is 14.4 Å². The largest absolute Gasteiger partial charge is 0.453 e. The highest BCUT2D eigenvalue weighted by molar-refractivity contribution is 5.97. The lowest BCUT2D eigenvalue weighted by molar-refractivity contribution is -0.116. The average molecular weight is 515 g/mol. The number of nitrogens with zero attached hydrogens (tertiary/aromatic N) is 1. The molecule has 5 N–H and O–H groups in total. The van der Waals surface area contributed by atoms with E-state index >= 15 is 0 Å². The molecular weight excluding hydrogens is 484 g/mol. The number of hydrogen-bond donors (Lipinski definition) is 5.